The SMILES string of the molecule is CC1(C)c2cc3c4ccccc4c4ccccc4c3cc2C(C)(C)C2C=C(c3cccc4c3sc3ccccc34)C=CC21. The van der Waals surface area contributed by atoms with Gasteiger partial charge < -0.3 is 0 Å². The Morgan fingerprint density at radius 3 is 1.65 bits per heavy atom. The van der Waals surface area contributed by atoms with Gasteiger partial charge in [-0.1, -0.05) is 131 Å². The monoisotopic (exact) mass is 570 g/mol. The van der Waals surface area contributed by atoms with Crippen molar-refractivity contribution in [3.05, 3.63) is 138 Å². The maximum Gasteiger partial charge on any atom is 0.0433 e. The van der Waals surface area contributed by atoms with E-state index in [1.807, 2.05) is 11.3 Å². The Labute approximate surface area is 257 Å². The summed E-state index contributed by atoms with van der Waals surface area (Å²) in [6.45, 7) is 9.93. The molecule has 2 aliphatic rings. The summed E-state index contributed by atoms with van der Waals surface area (Å²) in [6, 6.07) is 38.7. The first-order valence-electron chi connectivity index (χ1n) is 15.5. The summed E-state index contributed by atoms with van der Waals surface area (Å²) < 4.78 is 2.76. The normalized spacial score (nSPS) is 20.5. The van der Waals surface area contributed by atoms with Gasteiger partial charge in [0, 0.05) is 20.2 Å². The first-order valence-corrected chi connectivity index (χ1v) is 16.3. The van der Waals surface area contributed by atoms with Crippen LogP contribution in [-0.2, 0) is 10.8 Å². The molecule has 43 heavy (non-hydrogen) atoms. The molecule has 0 bridgehead atoms. The zero-order valence-corrected chi connectivity index (χ0v) is 25.9. The third kappa shape index (κ3) is 3.38. The minimum atomic E-state index is -0.0273. The predicted molar refractivity (Wildman–Crippen MR) is 188 cm³/mol. The molecule has 0 saturated carbocycles. The quantitative estimate of drug-likeness (QED) is 0.172. The van der Waals surface area contributed by atoms with Gasteiger partial charge in [-0.05, 0) is 95.4 Å². The van der Waals surface area contributed by atoms with Crippen molar-refractivity contribution < 1.29 is 0 Å². The van der Waals surface area contributed by atoms with E-state index in [-0.39, 0.29) is 10.8 Å². The number of hydrogen-bond donors (Lipinski definition) is 0. The summed E-state index contributed by atoms with van der Waals surface area (Å²) in [5, 5.41) is 10.9. The fraction of sp³-hybridized carbons (Fsp3) is 0.190. The molecule has 0 saturated heterocycles. The third-order valence-electron chi connectivity index (χ3n) is 10.9. The average molecular weight is 571 g/mol. The molecule has 0 fully saturated rings. The van der Waals surface area contributed by atoms with Gasteiger partial charge in [-0.2, -0.15) is 0 Å². The van der Waals surface area contributed by atoms with E-state index >= 15 is 0 Å². The molecule has 2 unspecified atom stereocenters. The van der Waals surface area contributed by atoms with Crippen molar-refractivity contribution in [1.29, 1.82) is 0 Å². The lowest BCUT2D eigenvalue weighted by atomic mass is 9.51. The van der Waals surface area contributed by atoms with E-state index in [1.165, 1.54) is 74.8 Å². The minimum absolute atomic E-state index is 0.00138. The van der Waals surface area contributed by atoms with Crippen LogP contribution in [0.1, 0.15) is 44.4 Å². The summed E-state index contributed by atoms with van der Waals surface area (Å²) in [5.74, 6) is 0.813. The van der Waals surface area contributed by atoms with Gasteiger partial charge in [-0.3, -0.25) is 0 Å². The Morgan fingerprint density at radius 1 is 0.512 bits per heavy atom. The van der Waals surface area contributed by atoms with Crippen LogP contribution in [0.2, 0.25) is 0 Å². The number of thiophene rings is 1. The zero-order chi connectivity index (χ0) is 29.1. The van der Waals surface area contributed by atoms with Crippen LogP contribution in [0.25, 0.3) is 58.1 Å². The lowest BCUT2D eigenvalue weighted by Gasteiger charge is -2.53. The van der Waals surface area contributed by atoms with Crippen LogP contribution < -0.4 is 0 Å². The number of benzene rings is 6. The molecule has 0 spiro atoms. The van der Waals surface area contributed by atoms with E-state index in [0.29, 0.717) is 11.8 Å². The third-order valence-corrected chi connectivity index (χ3v) is 12.1. The Hall–Kier alpha value is -4.20. The molecule has 0 amide bonds. The molecular formula is C42H34S. The first kappa shape index (κ1) is 25.3. The molecule has 9 rings (SSSR count). The minimum Gasteiger partial charge on any atom is -0.135 e. The number of hydrogen-bond acceptors (Lipinski definition) is 1. The first-order chi connectivity index (χ1) is 20.8. The number of allylic oxidation sites excluding steroid dienone is 4. The van der Waals surface area contributed by atoms with E-state index in [2.05, 4.69) is 149 Å². The van der Waals surface area contributed by atoms with Crippen molar-refractivity contribution in [1.82, 2.24) is 0 Å². The standard InChI is InChI=1S/C42H34S/c1-41(2)35-21-20-25(26-17-11-18-32-31-16-9-10-19-39(31)43-40(26)32)22-36(35)42(3,4)38-24-34-30-15-8-6-13-28(30)27-12-5-7-14-29(27)33(34)23-37(38)41/h5-24,35-36H,1-4H3. The van der Waals surface area contributed by atoms with Gasteiger partial charge in [0.2, 0.25) is 0 Å². The van der Waals surface area contributed by atoms with Crippen molar-refractivity contribution in [3.63, 3.8) is 0 Å². The summed E-state index contributed by atoms with van der Waals surface area (Å²) >= 11 is 1.93. The second-order valence-electron chi connectivity index (χ2n) is 13.8. The molecule has 1 heterocycles. The highest BCUT2D eigenvalue weighted by Crippen LogP contribution is 2.57. The smallest absolute Gasteiger partial charge is 0.0433 e. The van der Waals surface area contributed by atoms with Crippen molar-refractivity contribution in [3.8, 4) is 0 Å². The molecule has 2 aliphatic carbocycles. The Balaban J connectivity index is 1.28. The van der Waals surface area contributed by atoms with Crippen LogP contribution in [0.3, 0.4) is 0 Å². The molecular weight excluding hydrogens is 537 g/mol. The van der Waals surface area contributed by atoms with Gasteiger partial charge >= 0.3 is 0 Å². The highest BCUT2D eigenvalue weighted by Gasteiger charge is 2.50. The fourth-order valence-corrected chi connectivity index (χ4v) is 9.80. The van der Waals surface area contributed by atoms with Crippen molar-refractivity contribution in [2.24, 2.45) is 11.8 Å². The fourth-order valence-electron chi connectivity index (χ4n) is 8.56. The molecule has 2 atom stereocenters. The maximum atomic E-state index is 2.62. The van der Waals surface area contributed by atoms with Gasteiger partial charge in [0.1, 0.15) is 0 Å². The maximum absolute atomic E-state index is 2.62. The van der Waals surface area contributed by atoms with Crippen molar-refractivity contribution in [2.75, 3.05) is 0 Å². The van der Waals surface area contributed by atoms with Crippen LogP contribution in [0.5, 0.6) is 0 Å². The van der Waals surface area contributed by atoms with E-state index in [4.69, 9.17) is 0 Å². The molecule has 0 radical (unpaired) electrons. The predicted octanol–water partition coefficient (Wildman–Crippen LogP) is 12.0. The van der Waals surface area contributed by atoms with Gasteiger partial charge in [0.15, 0.2) is 0 Å². The largest absolute Gasteiger partial charge is 0.135 e. The van der Waals surface area contributed by atoms with Crippen molar-refractivity contribution >= 4 is 69.4 Å². The molecule has 208 valence electrons. The van der Waals surface area contributed by atoms with Gasteiger partial charge in [-0.25, -0.2) is 0 Å². The molecule has 7 aromatic rings. The summed E-state index contributed by atoms with van der Waals surface area (Å²) in [7, 11) is 0. The van der Waals surface area contributed by atoms with E-state index in [1.54, 1.807) is 0 Å². The highest BCUT2D eigenvalue weighted by molar-refractivity contribution is 7.26. The van der Waals surface area contributed by atoms with Gasteiger partial charge in [0.05, 0.1) is 0 Å². The van der Waals surface area contributed by atoms with Gasteiger partial charge in [-0.15, -0.1) is 11.3 Å². The van der Waals surface area contributed by atoms with Crippen LogP contribution in [-0.4, -0.2) is 0 Å². The molecule has 0 aliphatic heterocycles. The van der Waals surface area contributed by atoms with Gasteiger partial charge in [0.25, 0.3) is 0 Å². The Kier molecular flexibility index (Phi) is 5.11. The van der Waals surface area contributed by atoms with E-state index in [9.17, 15) is 0 Å². The average Bonchev–Trinajstić information content (AvgIpc) is 3.42. The Morgan fingerprint density at radius 2 is 1.02 bits per heavy atom. The lowest BCUT2D eigenvalue weighted by Crippen LogP contribution is -2.48. The molecule has 1 heteroatoms. The molecule has 6 aromatic carbocycles. The molecule has 1 aromatic heterocycles. The lowest BCUT2D eigenvalue weighted by molar-refractivity contribution is 0.191. The molecule has 0 N–H and O–H groups in total. The summed E-state index contributed by atoms with van der Waals surface area (Å²) in [4.78, 5) is 0. The van der Waals surface area contributed by atoms with Crippen molar-refractivity contribution in [2.45, 2.75) is 38.5 Å². The molecule has 0 nitrogen and oxygen atoms in total. The Bertz CT molecular complexity index is 2360. The second-order valence-corrected chi connectivity index (χ2v) is 14.8. The number of fused-ring (bicyclic) bond motifs is 11. The van der Waals surface area contributed by atoms with Crippen LogP contribution in [0, 0.1) is 11.8 Å². The van der Waals surface area contributed by atoms with Crippen LogP contribution >= 0.6 is 11.3 Å². The van der Waals surface area contributed by atoms with Crippen LogP contribution in [0.15, 0.2) is 121 Å². The zero-order valence-electron chi connectivity index (χ0n) is 25.1. The number of rotatable bonds is 1. The van der Waals surface area contributed by atoms with Crippen LogP contribution in [0.4, 0.5) is 0 Å². The topological polar surface area (TPSA) is 0 Å². The highest BCUT2D eigenvalue weighted by atomic mass is 32.1. The summed E-state index contributed by atoms with van der Waals surface area (Å²) in [6.07, 6.45) is 7.59. The second kappa shape index (κ2) is 8.68. The van der Waals surface area contributed by atoms with E-state index in [0.717, 1.165) is 0 Å². The summed E-state index contributed by atoms with van der Waals surface area (Å²) in [5.41, 5.74) is 5.70. The van der Waals surface area contributed by atoms with E-state index < -0.39 is 0 Å².